The van der Waals surface area contributed by atoms with E-state index >= 15 is 0 Å². The van der Waals surface area contributed by atoms with Gasteiger partial charge in [-0.15, -0.1) is 0 Å². The van der Waals surface area contributed by atoms with Gasteiger partial charge in [-0.3, -0.25) is 0 Å². The van der Waals surface area contributed by atoms with Crippen LogP contribution < -0.4 is 16.6 Å². The van der Waals surface area contributed by atoms with Gasteiger partial charge in [0.15, 0.2) is 0 Å². The molecule has 1 unspecified atom stereocenters. The van der Waals surface area contributed by atoms with Crippen LogP contribution in [0.1, 0.15) is 31.0 Å². The van der Waals surface area contributed by atoms with Crippen LogP contribution in [0.25, 0.3) is 0 Å². The van der Waals surface area contributed by atoms with Crippen molar-refractivity contribution in [3.63, 3.8) is 0 Å². The Hall–Kier alpha value is -2.14. The molecule has 100 valence electrons. The lowest BCUT2D eigenvalue weighted by Crippen LogP contribution is -2.15. The van der Waals surface area contributed by atoms with Crippen LogP contribution in [0.2, 0.25) is 0 Å². The third kappa shape index (κ3) is 3.00. The summed E-state index contributed by atoms with van der Waals surface area (Å²) in [6, 6.07) is 10.4. The van der Waals surface area contributed by atoms with E-state index in [2.05, 4.69) is 46.7 Å². The first-order chi connectivity index (χ1) is 9.26. The van der Waals surface area contributed by atoms with Crippen LogP contribution in [0.15, 0.2) is 36.7 Å². The topological polar surface area (TPSA) is 75.9 Å². The number of nitrogens with one attached hydrogen (secondary N) is 2. The lowest BCUT2D eigenvalue weighted by Gasteiger charge is -2.18. The minimum atomic E-state index is 0.173. The van der Waals surface area contributed by atoms with Gasteiger partial charge in [-0.05, 0) is 18.9 Å². The van der Waals surface area contributed by atoms with Gasteiger partial charge in [0.1, 0.15) is 18.0 Å². The Bertz CT molecular complexity index is 527. The Balaban J connectivity index is 2.24. The number of anilines is 2. The van der Waals surface area contributed by atoms with Gasteiger partial charge in [0.2, 0.25) is 0 Å². The fraction of sp³-hybridized carbons (Fsp3) is 0.286. The summed E-state index contributed by atoms with van der Waals surface area (Å²) in [6.45, 7) is 4.16. The number of hydrogen-bond acceptors (Lipinski definition) is 5. The first kappa shape index (κ1) is 13.3. The van der Waals surface area contributed by atoms with E-state index in [0.717, 1.165) is 17.8 Å². The van der Waals surface area contributed by atoms with Gasteiger partial charge in [0.25, 0.3) is 0 Å². The molecule has 0 fully saturated rings. The van der Waals surface area contributed by atoms with Crippen LogP contribution in [0.3, 0.4) is 0 Å². The smallest absolute Gasteiger partial charge is 0.148 e. The zero-order chi connectivity index (χ0) is 13.7. The van der Waals surface area contributed by atoms with Crippen LogP contribution in [-0.4, -0.2) is 9.97 Å². The molecule has 0 aliphatic rings. The Labute approximate surface area is 113 Å². The third-order valence-electron chi connectivity index (χ3n) is 3.09. The van der Waals surface area contributed by atoms with E-state index in [4.69, 9.17) is 5.84 Å². The third-order valence-corrected chi connectivity index (χ3v) is 3.09. The second-order valence-corrected chi connectivity index (χ2v) is 4.32. The molecule has 2 rings (SSSR count). The SMILES string of the molecule is CCc1c(NN)ncnc1NC(C)c1ccccc1. The first-order valence-electron chi connectivity index (χ1n) is 6.38. The molecular weight excluding hydrogens is 238 g/mol. The van der Waals surface area contributed by atoms with Gasteiger partial charge in [-0.1, -0.05) is 37.3 Å². The van der Waals surface area contributed by atoms with E-state index in [1.54, 1.807) is 0 Å². The van der Waals surface area contributed by atoms with Gasteiger partial charge in [-0.2, -0.15) is 0 Å². The number of nitrogen functional groups attached to an aromatic ring is 1. The van der Waals surface area contributed by atoms with E-state index in [9.17, 15) is 0 Å². The normalized spacial score (nSPS) is 11.9. The molecule has 4 N–H and O–H groups in total. The van der Waals surface area contributed by atoms with E-state index in [1.807, 2.05) is 18.2 Å². The Morgan fingerprint density at radius 1 is 1.16 bits per heavy atom. The largest absolute Gasteiger partial charge is 0.363 e. The van der Waals surface area contributed by atoms with Crippen molar-refractivity contribution in [2.45, 2.75) is 26.3 Å². The lowest BCUT2D eigenvalue weighted by molar-refractivity contribution is 0.862. The molecule has 19 heavy (non-hydrogen) atoms. The molecule has 0 spiro atoms. The molecule has 1 atom stereocenters. The number of hydrogen-bond donors (Lipinski definition) is 3. The number of hydrazine groups is 1. The zero-order valence-electron chi connectivity index (χ0n) is 11.2. The summed E-state index contributed by atoms with van der Waals surface area (Å²) in [5, 5.41) is 3.41. The second kappa shape index (κ2) is 6.15. The highest BCUT2D eigenvalue weighted by atomic mass is 15.3. The zero-order valence-corrected chi connectivity index (χ0v) is 11.2. The Kier molecular flexibility index (Phi) is 4.30. The molecule has 0 saturated carbocycles. The van der Waals surface area contributed by atoms with Crippen molar-refractivity contribution in [1.29, 1.82) is 0 Å². The number of benzene rings is 1. The number of rotatable bonds is 5. The van der Waals surface area contributed by atoms with Crippen molar-refractivity contribution in [2.24, 2.45) is 5.84 Å². The summed E-state index contributed by atoms with van der Waals surface area (Å²) in [5.41, 5.74) is 4.82. The maximum atomic E-state index is 5.47. The van der Waals surface area contributed by atoms with Gasteiger partial charge >= 0.3 is 0 Å². The molecule has 5 heteroatoms. The standard InChI is InChI=1S/C14H19N5/c1-3-12-13(16-9-17-14(12)19-15)18-10(2)11-7-5-4-6-8-11/h4-10H,3,15H2,1-2H3,(H2,16,17,18,19). The molecule has 0 saturated heterocycles. The monoisotopic (exact) mass is 257 g/mol. The van der Waals surface area contributed by atoms with Crippen molar-refractivity contribution in [2.75, 3.05) is 10.7 Å². The molecular formula is C14H19N5. The van der Waals surface area contributed by atoms with Gasteiger partial charge in [0, 0.05) is 11.6 Å². The van der Waals surface area contributed by atoms with Crippen molar-refractivity contribution in [1.82, 2.24) is 9.97 Å². The molecule has 1 aromatic heterocycles. The molecule has 0 aliphatic carbocycles. The predicted octanol–water partition coefficient (Wildman–Crippen LogP) is 2.50. The van der Waals surface area contributed by atoms with Crippen LogP contribution in [0.4, 0.5) is 11.6 Å². The van der Waals surface area contributed by atoms with Crippen molar-refractivity contribution in [3.8, 4) is 0 Å². The molecule has 5 nitrogen and oxygen atoms in total. The van der Waals surface area contributed by atoms with E-state index < -0.39 is 0 Å². The molecule has 2 aromatic rings. The first-order valence-corrected chi connectivity index (χ1v) is 6.38. The molecule has 0 aliphatic heterocycles. The minimum Gasteiger partial charge on any atom is -0.363 e. The van der Waals surface area contributed by atoms with Crippen molar-refractivity contribution < 1.29 is 0 Å². The van der Waals surface area contributed by atoms with Crippen LogP contribution >= 0.6 is 0 Å². The summed E-state index contributed by atoms with van der Waals surface area (Å²) in [6.07, 6.45) is 2.32. The maximum absolute atomic E-state index is 5.47. The predicted molar refractivity (Wildman–Crippen MR) is 77.7 cm³/mol. The minimum absolute atomic E-state index is 0.173. The van der Waals surface area contributed by atoms with Crippen molar-refractivity contribution >= 4 is 11.6 Å². The van der Waals surface area contributed by atoms with Crippen LogP contribution in [-0.2, 0) is 6.42 Å². The van der Waals surface area contributed by atoms with E-state index in [0.29, 0.717) is 5.82 Å². The molecule has 0 radical (unpaired) electrons. The van der Waals surface area contributed by atoms with E-state index in [-0.39, 0.29) is 6.04 Å². The quantitative estimate of drug-likeness (QED) is 0.567. The highest BCUT2D eigenvalue weighted by molar-refractivity contribution is 5.57. The van der Waals surface area contributed by atoms with Gasteiger partial charge < -0.3 is 10.7 Å². The summed E-state index contributed by atoms with van der Waals surface area (Å²) in [5.74, 6) is 6.96. The number of aromatic nitrogens is 2. The Morgan fingerprint density at radius 2 is 1.84 bits per heavy atom. The second-order valence-electron chi connectivity index (χ2n) is 4.32. The van der Waals surface area contributed by atoms with E-state index in [1.165, 1.54) is 11.9 Å². The van der Waals surface area contributed by atoms with Gasteiger partial charge in [0.05, 0.1) is 0 Å². The maximum Gasteiger partial charge on any atom is 0.148 e. The highest BCUT2D eigenvalue weighted by Gasteiger charge is 2.12. The van der Waals surface area contributed by atoms with Crippen LogP contribution in [0.5, 0.6) is 0 Å². The molecule has 1 heterocycles. The fourth-order valence-corrected chi connectivity index (χ4v) is 2.03. The average molecular weight is 257 g/mol. The highest BCUT2D eigenvalue weighted by Crippen LogP contribution is 2.24. The van der Waals surface area contributed by atoms with Crippen molar-refractivity contribution in [3.05, 3.63) is 47.8 Å². The summed E-state index contributed by atoms with van der Waals surface area (Å²) in [7, 11) is 0. The lowest BCUT2D eigenvalue weighted by atomic mass is 10.1. The summed E-state index contributed by atoms with van der Waals surface area (Å²) < 4.78 is 0. The summed E-state index contributed by atoms with van der Waals surface area (Å²) in [4.78, 5) is 8.43. The molecule has 1 aromatic carbocycles. The van der Waals surface area contributed by atoms with Crippen LogP contribution in [0, 0.1) is 0 Å². The number of nitrogens with two attached hydrogens (primary N) is 1. The van der Waals surface area contributed by atoms with Gasteiger partial charge in [-0.25, -0.2) is 15.8 Å². The molecule has 0 bridgehead atoms. The number of nitrogens with zero attached hydrogens (tertiary/aromatic N) is 2. The molecule has 0 amide bonds. The average Bonchev–Trinajstić information content (AvgIpc) is 2.47. The fourth-order valence-electron chi connectivity index (χ4n) is 2.03. The summed E-state index contributed by atoms with van der Waals surface area (Å²) >= 11 is 0. The Morgan fingerprint density at radius 3 is 2.47 bits per heavy atom.